The lowest BCUT2D eigenvalue weighted by Gasteiger charge is -2.36. The van der Waals surface area contributed by atoms with E-state index in [0.717, 1.165) is 19.3 Å². The van der Waals surface area contributed by atoms with Crippen molar-refractivity contribution in [3.8, 4) is 0 Å². The number of nitrogens with zero attached hydrogens (tertiary/aromatic N) is 1. The Morgan fingerprint density at radius 2 is 2.16 bits per heavy atom. The molecule has 19 heavy (non-hydrogen) atoms. The highest BCUT2D eigenvalue weighted by Gasteiger charge is 2.36. The first kappa shape index (κ1) is 17.0. The minimum absolute atomic E-state index is 0. The van der Waals surface area contributed by atoms with Crippen LogP contribution in [0.2, 0.25) is 0 Å². The number of halogens is 2. The first-order valence-electron chi connectivity index (χ1n) is 5.95. The highest BCUT2D eigenvalue weighted by Crippen LogP contribution is 2.28. The third-order valence-corrected chi connectivity index (χ3v) is 5.44. The average molecular weight is 374 g/mol. The first-order chi connectivity index (χ1) is 8.43. The van der Waals surface area contributed by atoms with Gasteiger partial charge in [0, 0.05) is 18.6 Å². The van der Waals surface area contributed by atoms with Gasteiger partial charge in [-0.2, -0.15) is 4.31 Å². The molecule has 2 rings (SSSR count). The van der Waals surface area contributed by atoms with Gasteiger partial charge in [0.15, 0.2) is 4.67 Å². The standard InChI is InChI=1S/C11H17BrN2O3S.ClH/c1-8(13)9-4-2-3-7-14(9)18(15,16)11-6-5-10(12)17-11;/h5-6,8-9H,2-4,7,13H2,1H3;1H. The van der Waals surface area contributed by atoms with E-state index in [1.54, 1.807) is 6.07 Å². The number of furan rings is 1. The number of hydrogen-bond donors (Lipinski definition) is 1. The molecule has 0 radical (unpaired) electrons. The molecule has 5 nitrogen and oxygen atoms in total. The van der Waals surface area contributed by atoms with Crippen molar-refractivity contribution < 1.29 is 12.8 Å². The molecule has 2 unspecified atom stereocenters. The van der Waals surface area contributed by atoms with E-state index in [4.69, 9.17) is 10.2 Å². The molecular formula is C11H18BrClN2O3S. The molecule has 0 aliphatic carbocycles. The molecule has 1 saturated heterocycles. The molecule has 0 spiro atoms. The van der Waals surface area contributed by atoms with Crippen LogP contribution in [0.1, 0.15) is 26.2 Å². The highest BCUT2D eigenvalue weighted by atomic mass is 79.9. The molecule has 1 fully saturated rings. The summed E-state index contributed by atoms with van der Waals surface area (Å²) in [4.78, 5) is 0. The fourth-order valence-electron chi connectivity index (χ4n) is 2.31. The second-order valence-electron chi connectivity index (χ2n) is 4.60. The fourth-order valence-corrected chi connectivity index (χ4v) is 4.41. The summed E-state index contributed by atoms with van der Waals surface area (Å²) in [6.07, 6.45) is 2.68. The average Bonchev–Trinajstić information content (AvgIpc) is 2.76. The number of piperidine rings is 1. The van der Waals surface area contributed by atoms with Crippen LogP contribution < -0.4 is 5.73 Å². The zero-order chi connectivity index (χ0) is 13.3. The van der Waals surface area contributed by atoms with Crippen LogP contribution in [-0.2, 0) is 10.0 Å². The van der Waals surface area contributed by atoms with E-state index in [-0.39, 0.29) is 29.6 Å². The van der Waals surface area contributed by atoms with Gasteiger partial charge in [-0.1, -0.05) is 6.42 Å². The summed E-state index contributed by atoms with van der Waals surface area (Å²) >= 11 is 3.12. The molecular weight excluding hydrogens is 356 g/mol. The highest BCUT2D eigenvalue weighted by molar-refractivity contribution is 9.10. The van der Waals surface area contributed by atoms with Gasteiger partial charge in [0.2, 0.25) is 5.09 Å². The maximum absolute atomic E-state index is 12.5. The van der Waals surface area contributed by atoms with E-state index in [1.807, 2.05) is 6.92 Å². The number of rotatable bonds is 3. The van der Waals surface area contributed by atoms with Crippen molar-refractivity contribution >= 4 is 38.4 Å². The molecule has 2 heterocycles. The van der Waals surface area contributed by atoms with Crippen molar-refractivity contribution in [3.63, 3.8) is 0 Å². The molecule has 110 valence electrons. The number of hydrogen-bond acceptors (Lipinski definition) is 4. The van der Waals surface area contributed by atoms with Gasteiger partial charge in [0.1, 0.15) is 0 Å². The van der Waals surface area contributed by atoms with Crippen LogP contribution in [0.3, 0.4) is 0 Å². The van der Waals surface area contributed by atoms with E-state index in [2.05, 4.69) is 15.9 Å². The molecule has 0 saturated carbocycles. The Hall–Kier alpha value is -0.0800. The summed E-state index contributed by atoms with van der Waals surface area (Å²) in [5.41, 5.74) is 5.89. The molecule has 1 aliphatic rings. The molecule has 1 aliphatic heterocycles. The predicted molar refractivity (Wildman–Crippen MR) is 78.8 cm³/mol. The Bertz CT molecular complexity index is 518. The summed E-state index contributed by atoms with van der Waals surface area (Å²) in [5, 5.41) is -0.0260. The van der Waals surface area contributed by atoms with Gasteiger partial charge in [0.05, 0.1) is 0 Å². The lowest BCUT2D eigenvalue weighted by atomic mass is 10.00. The van der Waals surface area contributed by atoms with Crippen molar-refractivity contribution in [2.24, 2.45) is 5.73 Å². The second kappa shape index (κ2) is 6.58. The maximum atomic E-state index is 12.5. The van der Waals surface area contributed by atoms with Gasteiger partial charge in [-0.15, -0.1) is 12.4 Å². The van der Waals surface area contributed by atoms with Gasteiger partial charge in [-0.3, -0.25) is 0 Å². The van der Waals surface area contributed by atoms with Crippen LogP contribution in [0.25, 0.3) is 0 Å². The van der Waals surface area contributed by atoms with Crippen molar-refractivity contribution in [1.29, 1.82) is 0 Å². The van der Waals surface area contributed by atoms with E-state index in [9.17, 15) is 8.42 Å². The van der Waals surface area contributed by atoms with Gasteiger partial charge in [-0.25, -0.2) is 8.42 Å². The summed E-state index contributed by atoms with van der Waals surface area (Å²) < 4.78 is 32.0. The zero-order valence-electron chi connectivity index (χ0n) is 10.6. The Morgan fingerprint density at radius 1 is 1.47 bits per heavy atom. The van der Waals surface area contributed by atoms with Gasteiger partial charge >= 0.3 is 0 Å². The molecule has 0 bridgehead atoms. The molecule has 1 aromatic rings. The van der Waals surface area contributed by atoms with E-state index >= 15 is 0 Å². The van der Waals surface area contributed by atoms with E-state index < -0.39 is 10.0 Å². The minimum atomic E-state index is -3.58. The summed E-state index contributed by atoms with van der Waals surface area (Å²) in [7, 11) is -3.58. The van der Waals surface area contributed by atoms with Crippen LogP contribution in [-0.4, -0.2) is 31.4 Å². The van der Waals surface area contributed by atoms with Crippen molar-refractivity contribution in [3.05, 3.63) is 16.8 Å². The SMILES string of the molecule is CC(N)C1CCCCN1S(=O)(=O)c1ccc(Br)o1.Cl. The largest absolute Gasteiger partial charge is 0.437 e. The third-order valence-electron chi connectivity index (χ3n) is 3.22. The van der Waals surface area contributed by atoms with Crippen LogP contribution in [0, 0.1) is 0 Å². The Morgan fingerprint density at radius 3 is 2.68 bits per heavy atom. The predicted octanol–water partition coefficient (Wildman–Crippen LogP) is 2.35. The second-order valence-corrected chi connectivity index (χ2v) is 7.20. The number of sulfonamides is 1. The fraction of sp³-hybridized carbons (Fsp3) is 0.636. The lowest BCUT2D eigenvalue weighted by Crippen LogP contribution is -2.51. The zero-order valence-corrected chi connectivity index (χ0v) is 13.8. The smallest absolute Gasteiger partial charge is 0.276 e. The van der Waals surface area contributed by atoms with Gasteiger partial charge < -0.3 is 10.2 Å². The number of nitrogens with two attached hydrogens (primary N) is 1. The third kappa shape index (κ3) is 3.52. The van der Waals surface area contributed by atoms with Crippen LogP contribution in [0.5, 0.6) is 0 Å². The maximum Gasteiger partial charge on any atom is 0.276 e. The normalized spacial score (nSPS) is 22.8. The summed E-state index contributed by atoms with van der Waals surface area (Å²) in [6, 6.07) is 2.72. The summed E-state index contributed by atoms with van der Waals surface area (Å²) in [5.74, 6) is 0. The van der Waals surface area contributed by atoms with Crippen molar-refractivity contribution in [2.75, 3.05) is 6.54 Å². The van der Waals surface area contributed by atoms with Gasteiger partial charge in [0.25, 0.3) is 10.0 Å². The molecule has 1 aromatic heterocycles. The van der Waals surface area contributed by atoms with Crippen molar-refractivity contribution in [2.45, 2.75) is 43.4 Å². The minimum Gasteiger partial charge on any atom is -0.437 e. The van der Waals surface area contributed by atoms with Crippen molar-refractivity contribution in [1.82, 2.24) is 4.31 Å². The molecule has 0 amide bonds. The molecule has 8 heteroatoms. The quantitative estimate of drug-likeness (QED) is 0.882. The molecule has 2 N–H and O–H groups in total. The van der Waals surface area contributed by atoms with Crippen LogP contribution in [0.4, 0.5) is 0 Å². The Balaban J connectivity index is 0.00000180. The molecule has 2 atom stereocenters. The summed E-state index contributed by atoms with van der Waals surface area (Å²) in [6.45, 7) is 2.35. The lowest BCUT2D eigenvalue weighted by molar-refractivity contribution is 0.222. The first-order valence-corrected chi connectivity index (χ1v) is 8.19. The molecule has 0 aromatic carbocycles. The Labute approximate surface area is 128 Å². The van der Waals surface area contributed by atoms with Crippen LogP contribution >= 0.6 is 28.3 Å². The van der Waals surface area contributed by atoms with E-state index in [1.165, 1.54) is 10.4 Å². The van der Waals surface area contributed by atoms with Crippen LogP contribution in [0.15, 0.2) is 26.3 Å². The monoisotopic (exact) mass is 372 g/mol. The van der Waals surface area contributed by atoms with E-state index in [0.29, 0.717) is 11.2 Å². The Kier molecular flexibility index (Phi) is 5.88. The topological polar surface area (TPSA) is 76.5 Å². The van der Waals surface area contributed by atoms with Gasteiger partial charge in [-0.05, 0) is 47.8 Å².